The number of rotatable bonds is 8. The fourth-order valence-corrected chi connectivity index (χ4v) is 2.57. The van der Waals surface area contributed by atoms with Crippen molar-refractivity contribution < 1.29 is 4.74 Å². The van der Waals surface area contributed by atoms with Crippen molar-refractivity contribution in [1.29, 1.82) is 0 Å². The second-order valence-electron chi connectivity index (χ2n) is 1.59. The van der Waals surface area contributed by atoms with Crippen molar-refractivity contribution in [2.75, 3.05) is 37.2 Å². The molecule has 5 heteroatoms. The molecule has 0 spiro atoms. The van der Waals surface area contributed by atoms with Crippen molar-refractivity contribution >= 4 is 43.2 Å². The zero-order chi connectivity index (χ0) is 8.36. The largest absolute Gasteiger partial charge is 0.380 e. The third-order valence-corrected chi connectivity index (χ3v) is 4.41. The van der Waals surface area contributed by atoms with Gasteiger partial charge in [-0.15, -0.1) is 0 Å². The van der Waals surface area contributed by atoms with Crippen molar-refractivity contribution in [3.05, 3.63) is 0 Å². The van der Waals surface area contributed by atoms with Gasteiger partial charge in [-0.25, -0.2) is 0 Å². The minimum atomic E-state index is 0.889. The second-order valence-corrected chi connectivity index (χ2v) is 6.96. The molecule has 0 saturated heterocycles. The Morgan fingerprint density at radius 2 is 1.36 bits per heavy atom. The van der Waals surface area contributed by atoms with E-state index in [4.69, 9.17) is 4.74 Å². The lowest BCUT2D eigenvalue weighted by atomic mass is 10.8. The smallest absolute Gasteiger partial charge is 0.0565 e. The van der Waals surface area contributed by atoms with E-state index in [2.05, 4.69) is 12.5 Å². The summed E-state index contributed by atoms with van der Waals surface area (Å²) in [6.45, 7) is 1.78. The van der Waals surface area contributed by atoms with Crippen LogP contribution in [0.15, 0.2) is 0 Å². The summed E-state index contributed by atoms with van der Waals surface area (Å²) in [7, 11) is 7.30. The quantitative estimate of drug-likeness (QED) is 0.467. The molecule has 0 heterocycles. The van der Waals surface area contributed by atoms with Gasteiger partial charge in [-0.05, 0) is 12.5 Å². The molecule has 0 aromatic rings. The fourth-order valence-electron chi connectivity index (χ4n) is 0.455. The van der Waals surface area contributed by atoms with Gasteiger partial charge >= 0.3 is 0 Å². The molecule has 0 aliphatic carbocycles. The second kappa shape index (κ2) is 11.4. The normalized spacial score (nSPS) is 10.4. The van der Waals surface area contributed by atoms with Crippen LogP contribution in [0.4, 0.5) is 0 Å². The van der Waals surface area contributed by atoms with Crippen LogP contribution in [0.25, 0.3) is 0 Å². The molecule has 0 rings (SSSR count). The molecule has 11 heavy (non-hydrogen) atoms. The molecule has 0 bridgehead atoms. The lowest BCUT2D eigenvalue weighted by Crippen LogP contribution is -1.99. The van der Waals surface area contributed by atoms with Crippen molar-refractivity contribution in [1.82, 2.24) is 0 Å². The first-order chi connectivity index (χ1) is 5.41. The van der Waals surface area contributed by atoms with Gasteiger partial charge in [-0.3, -0.25) is 0 Å². The van der Waals surface area contributed by atoms with Gasteiger partial charge in [-0.2, -0.15) is 0 Å². The van der Waals surface area contributed by atoms with Crippen LogP contribution < -0.4 is 0 Å². The van der Waals surface area contributed by atoms with Gasteiger partial charge in [0, 0.05) is 11.5 Å². The van der Waals surface area contributed by atoms with Gasteiger partial charge in [-0.1, -0.05) is 43.2 Å². The highest BCUT2D eigenvalue weighted by Gasteiger charge is 1.88. The topological polar surface area (TPSA) is 9.23 Å². The van der Waals surface area contributed by atoms with Crippen LogP contribution >= 0.6 is 43.2 Å². The molecule has 1 nitrogen and oxygen atoms in total. The third kappa shape index (κ3) is 11.4. The maximum Gasteiger partial charge on any atom is 0.0565 e. The molecule has 0 amide bonds. The Labute approximate surface area is 85.0 Å². The number of hydrogen-bond acceptors (Lipinski definition) is 5. The molecule has 0 saturated carbocycles. The zero-order valence-corrected chi connectivity index (χ0v) is 10.1. The molecule has 0 N–H and O–H groups in total. The highest BCUT2D eigenvalue weighted by atomic mass is 33.1. The first kappa shape index (κ1) is 12.4. The molecule has 0 aromatic carbocycles. The maximum absolute atomic E-state index is 5.37. The van der Waals surface area contributed by atoms with Crippen LogP contribution in [0, 0.1) is 0 Å². The van der Waals surface area contributed by atoms with Crippen LogP contribution in [0.2, 0.25) is 0 Å². The van der Waals surface area contributed by atoms with Crippen LogP contribution in [0.3, 0.4) is 0 Å². The van der Waals surface area contributed by atoms with E-state index < -0.39 is 0 Å². The molecule has 0 aromatic heterocycles. The Hall–Kier alpha value is 1.36. The first-order valence-corrected chi connectivity index (χ1v) is 8.76. The summed E-state index contributed by atoms with van der Waals surface area (Å²) in [6, 6.07) is 0. The molecular weight excluding hydrogens is 216 g/mol. The number of ether oxygens (including phenoxy) is 1. The van der Waals surface area contributed by atoms with Gasteiger partial charge in [0.05, 0.1) is 13.2 Å². The molecule has 68 valence electrons. The summed E-state index contributed by atoms with van der Waals surface area (Å²) in [5.41, 5.74) is 0. The van der Waals surface area contributed by atoms with Gasteiger partial charge < -0.3 is 4.74 Å². The molecule has 0 unspecified atom stereocenters. The van der Waals surface area contributed by atoms with Crippen molar-refractivity contribution in [2.45, 2.75) is 0 Å². The summed E-state index contributed by atoms with van der Waals surface area (Å²) in [5, 5.41) is 0. The Bertz CT molecular complexity index is 63.6. The van der Waals surface area contributed by atoms with E-state index in [0.717, 1.165) is 24.7 Å². The standard InChI is InChI=1S/C6H14OS4/c1-8-10-5-3-7-4-6-11-9-2/h3-6H2,1-2H3. The van der Waals surface area contributed by atoms with Crippen LogP contribution in [-0.2, 0) is 4.74 Å². The van der Waals surface area contributed by atoms with Crippen LogP contribution in [-0.4, -0.2) is 37.2 Å². The van der Waals surface area contributed by atoms with Gasteiger partial charge in [0.15, 0.2) is 0 Å². The Balaban J connectivity index is 2.69. The Morgan fingerprint density at radius 1 is 0.909 bits per heavy atom. The monoisotopic (exact) mass is 230 g/mol. The summed E-state index contributed by atoms with van der Waals surface area (Å²) in [6.07, 6.45) is 4.18. The average Bonchev–Trinajstić information content (AvgIpc) is 2.03. The molecular formula is C6H14OS4. The summed E-state index contributed by atoms with van der Waals surface area (Å²) < 4.78 is 5.37. The van der Waals surface area contributed by atoms with Gasteiger partial charge in [0.25, 0.3) is 0 Å². The van der Waals surface area contributed by atoms with Gasteiger partial charge in [0.2, 0.25) is 0 Å². The lowest BCUT2D eigenvalue weighted by Gasteiger charge is -2.00. The van der Waals surface area contributed by atoms with Crippen molar-refractivity contribution in [3.63, 3.8) is 0 Å². The summed E-state index contributed by atoms with van der Waals surface area (Å²) >= 11 is 0. The summed E-state index contributed by atoms with van der Waals surface area (Å²) in [4.78, 5) is 0. The van der Waals surface area contributed by atoms with Crippen LogP contribution in [0.1, 0.15) is 0 Å². The van der Waals surface area contributed by atoms with E-state index in [1.54, 1.807) is 21.6 Å². The Kier molecular flexibility index (Phi) is 12.8. The third-order valence-electron chi connectivity index (χ3n) is 0.858. The molecule has 0 radical (unpaired) electrons. The van der Waals surface area contributed by atoms with Crippen LogP contribution in [0.5, 0.6) is 0 Å². The van der Waals surface area contributed by atoms with E-state index in [-0.39, 0.29) is 0 Å². The van der Waals surface area contributed by atoms with E-state index in [9.17, 15) is 0 Å². The predicted octanol–water partition coefficient (Wildman–Crippen LogP) is 3.03. The molecule has 0 aliphatic rings. The van der Waals surface area contributed by atoms with Crippen molar-refractivity contribution in [3.8, 4) is 0 Å². The molecule has 0 fully saturated rings. The van der Waals surface area contributed by atoms with Crippen molar-refractivity contribution in [2.24, 2.45) is 0 Å². The van der Waals surface area contributed by atoms with E-state index in [1.165, 1.54) is 0 Å². The highest BCUT2D eigenvalue weighted by Crippen LogP contribution is 2.17. The maximum atomic E-state index is 5.37. The Morgan fingerprint density at radius 3 is 1.73 bits per heavy atom. The number of hydrogen-bond donors (Lipinski definition) is 0. The zero-order valence-electron chi connectivity index (χ0n) is 6.87. The van der Waals surface area contributed by atoms with E-state index in [0.29, 0.717) is 0 Å². The SMILES string of the molecule is CSSCCOCCSSC. The molecule has 0 atom stereocenters. The molecule has 0 aliphatic heterocycles. The van der Waals surface area contributed by atoms with Gasteiger partial charge in [0.1, 0.15) is 0 Å². The minimum absolute atomic E-state index is 0.889. The average molecular weight is 230 g/mol. The predicted molar refractivity (Wildman–Crippen MR) is 62.8 cm³/mol. The minimum Gasteiger partial charge on any atom is -0.380 e. The first-order valence-electron chi connectivity index (χ1n) is 3.30. The van der Waals surface area contributed by atoms with E-state index in [1.807, 2.05) is 21.6 Å². The fraction of sp³-hybridized carbons (Fsp3) is 1.00. The van der Waals surface area contributed by atoms with E-state index >= 15 is 0 Å². The highest BCUT2D eigenvalue weighted by molar-refractivity contribution is 8.76. The summed E-state index contributed by atoms with van der Waals surface area (Å²) in [5.74, 6) is 2.20. The lowest BCUT2D eigenvalue weighted by molar-refractivity contribution is 0.167.